The van der Waals surface area contributed by atoms with Crippen LogP contribution in [0.3, 0.4) is 0 Å². The second-order valence-corrected chi connectivity index (χ2v) is 8.33. The average molecular weight is 414 g/mol. The molecule has 1 aromatic carbocycles. The van der Waals surface area contributed by atoms with Crippen LogP contribution in [-0.2, 0) is 21.9 Å². The third-order valence-corrected chi connectivity index (χ3v) is 5.82. The first-order chi connectivity index (χ1) is 12.2. The summed E-state index contributed by atoms with van der Waals surface area (Å²) >= 11 is 0. The van der Waals surface area contributed by atoms with Gasteiger partial charge < -0.3 is 10.6 Å². The molecule has 0 unspecified atom stereocenters. The molecule has 2 aromatic rings. The first-order valence-electron chi connectivity index (χ1n) is 8.31. The summed E-state index contributed by atoms with van der Waals surface area (Å²) in [7, 11) is -2.01. The fraction of sp³-hybridized carbons (Fsp3) is 0.412. The molecule has 0 radical (unpaired) electrons. The number of rotatable bonds is 4. The zero-order valence-electron chi connectivity index (χ0n) is 15.4. The van der Waals surface area contributed by atoms with Crippen LogP contribution in [0.4, 0.5) is 5.69 Å². The van der Waals surface area contributed by atoms with Gasteiger partial charge in [-0.25, -0.2) is 13.6 Å². The molecular weight excluding hydrogens is 390 g/mol. The molecule has 1 fully saturated rings. The lowest BCUT2D eigenvalue weighted by molar-refractivity contribution is -0.119. The number of sulfonamides is 1. The Hall–Kier alpha value is -1.94. The molecule has 1 saturated heterocycles. The SMILES string of the molecule is Cc1cc(S(N)(=O)=O)cc(NC(=O)[C@H]2CNC[C@@H]2c2cnn(C)c2)c1C.Cl. The van der Waals surface area contributed by atoms with Crippen molar-refractivity contribution in [2.24, 2.45) is 18.1 Å². The third kappa shape index (κ3) is 4.49. The number of carbonyl (C=O) groups excluding carboxylic acids is 1. The van der Waals surface area contributed by atoms with E-state index >= 15 is 0 Å². The van der Waals surface area contributed by atoms with E-state index in [0.29, 0.717) is 18.8 Å². The normalized spacial score (nSPS) is 19.6. The van der Waals surface area contributed by atoms with Crippen LogP contribution in [0.2, 0.25) is 0 Å². The van der Waals surface area contributed by atoms with Gasteiger partial charge in [-0.1, -0.05) is 0 Å². The molecule has 1 aromatic heterocycles. The van der Waals surface area contributed by atoms with Crippen LogP contribution in [0.1, 0.15) is 22.6 Å². The predicted molar refractivity (Wildman–Crippen MR) is 105 cm³/mol. The Labute approximate surface area is 165 Å². The molecule has 27 heavy (non-hydrogen) atoms. The molecule has 0 aliphatic carbocycles. The van der Waals surface area contributed by atoms with Crippen molar-refractivity contribution < 1.29 is 13.2 Å². The Balaban J connectivity index is 0.00000261. The first-order valence-corrected chi connectivity index (χ1v) is 9.85. The van der Waals surface area contributed by atoms with Gasteiger partial charge in [0.25, 0.3) is 0 Å². The highest BCUT2D eigenvalue weighted by atomic mass is 35.5. The van der Waals surface area contributed by atoms with Crippen molar-refractivity contribution in [3.8, 4) is 0 Å². The summed E-state index contributed by atoms with van der Waals surface area (Å²) in [5, 5.41) is 15.5. The summed E-state index contributed by atoms with van der Waals surface area (Å²) < 4.78 is 25.1. The Morgan fingerprint density at radius 2 is 2.04 bits per heavy atom. The smallest absolute Gasteiger partial charge is 0.238 e. The van der Waals surface area contributed by atoms with Gasteiger partial charge in [-0.2, -0.15) is 5.10 Å². The van der Waals surface area contributed by atoms with E-state index in [1.54, 1.807) is 17.8 Å². The number of hydrogen-bond acceptors (Lipinski definition) is 5. The monoisotopic (exact) mass is 413 g/mol. The number of halogens is 1. The number of hydrogen-bond donors (Lipinski definition) is 3. The summed E-state index contributed by atoms with van der Waals surface area (Å²) in [6.07, 6.45) is 3.68. The van der Waals surface area contributed by atoms with Gasteiger partial charge in [0, 0.05) is 37.9 Å². The molecule has 0 bridgehead atoms. The fourth-order valence-corrected chi connectivity index (χ4v) is 3.90. The van der Waals surface area contributed by atoms with E-state index < -0.39 is 10.0 Å². The van der Waals surface area contributed by atoms with Gasteiger partial charge in [0.1, 0.15) is 0 Å². The Morgan fingerprint density at radius 3 is 2.63 bits per heavy atom. The maximum absolute atomic E-state index is 12.9. The Morgan fingerprint density at radius 1 is 1.33 bits per heavy atom. The van der Waals surface area contributed by atoms with Gasteiger partial charge in [0.15, 0.2) is 0 Å². The van der Waals surface area contributed by atoms with E-state index in [1.165, 1.54) is 12.1 Å². The minimum atomic E-state index is -3.85. The number of primary sulfonamides is 1. The van der Waals surface area contributed by atoms with E-state index in [0.717, 1.165) is 16.7 Å². The highest BCUT2D eigenvalue weighted by Gasteiger charge is 2.35. The predicted octanol–water partition coefficient (Wildman–Crippen LogP) is 1.05. The quantitative estimate of drug-likeness (QED) is 0.692. The van der Waals surface area contributed by atoms with Crippen molar-refractivity contribution in [1.29, 1.82) is 0 Å². The summed E-state index contributed by atoms with van der Waals surface area (Å²) in [4.78, 5) is 12.9. The van der Waals surface area contributed by atoms with Crippen LogP contribution in [0, 0.1) is 19.8 Å². The number of nitrogens with one attached hydrogen (secondary N) is 2. The minimum absolute atomic E-state index is 0. The molecule has 3 rings (SSSR count). The molecule has 1 aliphatic rings. The van der Waals surface area contributed by atoms with Crippen LogP contribution in [-0.4, -0.2) is 37.2 Å². The second kappa shape index (κ2) is 7.97. The largest absolute Gasteiger partial charge is 0.325 e. The van der Waals surface area contributed by atoms with Crippen molar-refractivity contribution in [1.82, 2.24) is 15.1 Å². The van der Waals surface area contributed by atoms with Crippen molar-refractivity contribution >= 4 is 34.0 Å². The third-order valence-electron chi connectivity index (χ3n) is 4.93. The van der Waals surface area contributed by atoms with Gasteiger partial charge in [-0.05, 0) is 42.7 Å². The number of aryl methyl sites for hydroxylation is 2. The molecule has 8 nitrogen and oxygen atoms in total. The zero-order chi connectivity index (χ0) is 19.1. The number of carbonyl (C=O) groups is 1. The average Bonchev–Trinajstić information content (AvgIpc) is 3.18. The van der Waals surface area contributed by atoms with E-state index in [-0.39, 0.29) is 35.0 Å². The van der Waals surface area contributed by atoms with Crippen LogP contribution < -0.4 is 15.8 Å². The van der Waals surface area contributed by atoms with E-state index in [4.69, 9.17) is 5.14 Å². The van der Waals surface area contributed by atoms with Crippen molar-refractivity contribution in [3.05, 3.63) is 41.2 Å². The molecule has 0 saturated carbocycles. The van der Waals surface area contributed by atoms with Crippen LogP contribution in [0.25, 0.3) is 0 Å². The second-order valence-electron chi connectivity index (χ2n) is 6.77. The number of nitrogens with two attached hydrogens (primary N) is 1. The van der Waals surface area contributed by atoms with E-state index in [2.05, 4.69) is 15.7 Å². The fourth-order valence-electron chi connectivity index (χ4n) is 3.28. The number of amides is 1. The van der Waals surface area contributed by atoms with Crippen molar-refractivity contribution in [3.63, 3.8) is 0 Å². The molecule has 2 atom stereocenters. The number of aromatic nitrogens is 2. The molecule has 10 heteroatoms. The molecule has 1 aliphatic heterocycles. The maximum atomic E-state index is 12.9. The lowest BCUT2D eigenvalue weighted by Gasteiger charge is -2.19. The van der Waals surface area contributed by atoms with Crippen LogP contribution in [0.15, 0.2) is 29.4 Å². The highest BCUT2D eigenvalue weighted by molar-refractivity contribution is 7.89. The Bertz CT molecular complexity index is 957. The molecular formula is C17H24ClN5O3S. The van der Waals surface area contributed by atoms with E-state index in [1.807, 2.05) is 20.2 Å². The lowest BCUT2D eigenvalue weighted by Crippen LogP contribution is -2.28. The minimum Gasteiger partial charge on any atom is -0.325 e. The highest BCUT2D eigenvalue weighted by Crippen LogP contribution is 2.30. The summed E-state index contributed by atoms with van der Waals surface area (Å²) in [5.74, 6) is -0.401. The number of benzene rings is 1. The lowest BCUT2D eigenvalue weighted by atomic mass is 9.90. The molecule has 4 N–H and O–H groups in total. The Kier molecular flexibility index (Phi) is 6.31. The first kappa shape index (κ1) is 21.4. The summed E-state index contributed by atoms with van der Waals surface area (Å²) in [6, 6.07) is 2.92. The van der Waals surface area contributed by atoms with Gasteiger partial charge in [0.05, 0.1) is 17.0 Å². The number of nitrogens with zero attached hydrogens (tertiary/aromatic N) is 2. The van der Waals surface area contributed by atoms with E-state index in [9.17, 15) is 13.2 Å². The molecule has 1 amide bonds. The van der Waals surface area contributed by atoms with Crippen LogP contribution >= 0.6 is 12.4 Å². The van der Waals surface area contributed by atoms with Crippen molar-refractivity contribution in [2.75, 3.05) is 18.4 Å². The number of anilines is 1. The topological polar surface area (TPSA) is 119 Å². The van der Waals surface area contributed by atoms with Gasteiger partial charge in [0.2, 0.25) is 15.9 Å². The molecule has 2 heterocycles. The van der Waals surface area contributed by atoms with Gasteiger partial charge in [-0.15, -0.1) is 12.4 Å². The summed E-state index contributed by atoms with van der Waals surface area (Å²) in [5.41, 5.74) is 3.04. The molecule has 0 spiro atoms. The zero-order valence-corrected chi connectivity index (χ0v) is 17.0. The van der Waals surface area contributed by atoms with Crippen molar-refractivity contribution in [2.45, 2.75) is 24.7 Å². The standard InChI is InChI=1S/C17H23N5O3S.ClH/c1-10-4-13(26(18,24)25)5-16(11(10)2)21-17(23)15-8-19-7-14(15)12-6-20-22(3)9-12;/h4-6,9,14-15,19H,7-8H2,1-3H3,(H,21,23)(H2,18,24,25);1H/t14-,15+;/m1./s1. The maximum Gasteiger partial charge on any atom is 0.238 e. The van der Waals surface area contributed by atoms with Gasteiger partial charge >= 0.3 is 0 Å². The van der Waals surface area contributed by atoms with Crippen LogP contribution in [0.5, 0.6) is 0 Å². The molecule has 148 valence electrons. The van der Waals surface area contributed by atoms with Gasteiger partial charge in [-0.3, -0.25) is 9.48 Å². The summed E-state index contributed by atoms with van der Waals surface area (Å²) in [6.45, 7) is 4.87.